The minimum atomic E-state index is -0.124. The monoisotopic (exact) mass is 589 g/mol. The minimum absolute atomic E-state index is 0.124. The van der Waals surface area contributed by atoms with Crippen molar-refractivity contribution in [3.63, 3.8) is 0 Å². The normalized spacial score (nSPS) is 13.8. The molecular formula is C43H31N3. The Morgan fingerprint density at radius 2 is 0.957 bits per heavy atom. The van der Waals surface area contributed by atoms with Gasteiger partial charge in [-0.3, -0.25) is 0 Å². The number of fused-ring (bicyclic) bond motifs is 9. The number of nitrogens with zero attached hydrogens (tertiary/aromatic N) is 3. The van der Waals surface area contributed by atoms with Gasteiger partial charge in [0.05, 0.1) is 22.5 Å². The van der Waals surface area contributed by atoms with Crippen molar-refractivity contribution in [3.8, 4) is 45.5 Å². The van der Waals surface area contributed by atoms with E-state index >= 15 is 0 Å². The van der Waals surface area contributed by atoms with Crippen LogP contribution in [-0.2, 0) is 18.3 Å². The highest BCUT2D eigenvalue weighted by Crippen LogP contribution is 2.52. The minimum Gasteiger partial charge on any atom is -0.310 e. The Bertz CT molecular complexity index is 2230. The largest absolute Gasteiger partial charge is 0.310 e. The molecule has 0 amide bonds. The first kappa shape index (κ1) is 27.6. The molecule has 218 valence electrons. The molecule has 6 aromatic carbocycles. The van der Waals surface area contributed by atoms with Gasteiger partial charge in [0.2, 0.25) is 0 Å². The molecule has 0 radical (unpaired) electrons. The highest BCUT2D eigenvalue weighted by molar-refractivity contribution is 5.95. The molecule has 46 heavy (non-hydrogen) atoms. The Morgan fingerprint density at radius 1 is 0.500 bits per heavy atom. The first-order chi connectivity index (χ1) is 22.5. The Morgan fingerprint density at radius 3 is 1.52 bits per heavy atom. The fraction of sp³-hybridized carbons (Fsp3) is 0.116. The van der Waals surface area contributed by atoms with Gasteiger partial charge in [-0.15, -0.1) is 0 Å². The van der Waals surface area contributed by atoms with Crippen LogP contribution < -0.4 is 4.90 Å². The predicted octanol–water partition coefficient (Wildman–Crippen LogP) is 10.6. The van der Waals surface area contributed by atoms with Crippen LogP contribution in [-0.4, -0.2) is 0 Å². The van der Waals surface area contributed by atoms with Crippen LogP contribution in [0.25, 0.3) is 33.4 Å². The number of rotatable bonds is 1. The van der Waals surface area contributed by atoms with Crippen LogP contribution in [0.15, 0.2) is 127 Å². The summed E-state index contributed by atoms with van der Waals surface area (Å²) in [6.07, 6.45) is 1.55. The summed E-state index contributed by atoms with van der Waals surface area (Å²) in [6.45, 7) is 4.63. The quantitative estimate of drug-likeness (QED) is 0.192. The lowest BCUT2D eigenvalue weighted by Gasteiger charge is -2.42. The smallest absolute Gasteiger partial charge is 0.101 e. The molecule has 1 aliphatic heterocycles. The molecule has 0 fully saturated rings. The summed E-state index contributed by atoms with van der Waals surface area (Å²) >= 11 is 0. The first-order valence-electron chi connectivity index (χ1n) is 15.8. The molecule has 0 bridgehead atoms. The van der Waals surface area contributed by atoms with Crippen LogP contribution in [0.5, 0.6) is 0 Å². The molecule has 1 heterocycles. The average Bonchev–Trinajstić information content (AvgIpc) is 3.10. The molecule has 2 aliphatic rings. The molecule has 0 atom stereocenters. The number of aryl methyl sites for hydroxylation is 2. The van der Waals surface area contributed by atoms with Crippen molar-refractivity contribution < 1.29 is 0 Å². The van der Waals surface area contributed by atoms with E-state index in [9.17, 15) is 10.5 Å². The molecule has 6 aromatic rings. The van der Waals surface area contributed by atoms with E-state index in [1.165, 1.54) is 39.2 Å². The first-order valence-corrected chi connectivity index (χ1v) is 15.8. The Kier molecular flexibility index (Phi) is 6.38. The lowest BCUT2D eigenvalue weighted by atomic mass is 9.73. The van der Waals surface area contributed by atoms with Crippen molar-refractivity contribution in [2.24, 2.45) is 0 Å². The second-order valence-corrected chi connectivity index (χ2v) is 12.7. The number of hydrogen-bond donors (Lipinski definition) is 0. The zero-order valence-electron chi connectivity index (χ0n) is 25.9. The Balaban J connectivity index is 1.38. The third-order valence-electron chi connectivity index (χ3n) is 9.86. The molecule has 3 nitrogen and oxygen atoms in total. The van der Waals surface area contributed by atoms with E-state index in [0.29, 0.717) is 11.1 Å². The van der Waals surface area contributed by atoms with Gasteiger partial charge < -0.3 is 4.90 Å². The van der Waals surface area contributed by atoms with E-state index in [1.807, 2.05) is 12.1 Å². The third kappa shape index (κ3) is 4.17. The maximum absolute atomic E-state index is 9.89. The van der Waals surface area contributed by atoms with E-state index in [1.54, 1.807) is 0 Å². The number of anilines is 3. The van der Waals surface area contributed by atoms with Crippen LogP contribution in [0.1, 0.15) is 47.2 Å². The van der Waals surface area contributed by atoms with Crippen molar-refractivity contribution in [2.75, 3.05) is 4.90 Å². The summed E-state index contributed by atoms with van der Waals surface area (Å²) in [5.41, 5.74) is 16.0. The zero-order chi connectivity index (χ0) is 31.4. The molecular weight excluding hydrogens is 558 g/mol. The second kappa shape index (κ2) is 10.6. The van der Waals surface area contributed by atoms with Crippen LogP contribution in [0.4, 0.5) is 17.1 Å². The summed E-state index contributed by atoms with van der Waals surface area (Å²) in [6, 6.07) is 49.9. The molecule has 0 unspecified atom stereocenters. The fourth-order valence-corrected chi connectivity index (χ4v) is 7.58. The topological polar surface area (TPSA) is 50.8 Å². The lowest BCUT2D eigenvalue weighted by molar-refractivity contribution is 0.632. The van der Waals surface area contributed by atoms with E-state index in [2.05, 4.69) is 146 Å². The molecule has 1 aliphatic carbocycles. The van der Waals surface area contributed by atoms with Gasteiger partial charge in [-0.25, -0.2) is 0 Å². The molecule has 0 saturated heterocycles. The van der Waals surface area contributed by atoms with Crippen LogP contribution in [0.3, 0.4) is 0 Å². The molecule has 3 heteroatoms. The van der Waals surface area contributed by atoms with Crippen LogP contribution >= 0.6 is 0 Å². The van der Waals surface area contributed by atoms with Crippen molar-refractivity contribution in [1.29, 1.82) is 10.5 Å². The maximum Gasteiger partial charge on any atom is 0.101 e. The number of nitriles is 2. The lowest BCUT2D eigenvalue weighted by Crippen LogP contribution is -2.30. The van der Waals surface area contributed by atoms with Crippen molar-refractivity contribution in [2.45, 2.75) is 32.1 Å². The molecule has 0 saturated carbocycles. The van der Waals surface area contributed by atoms with Crippen LogP contribution in [0.2, 0.25) is 0 Å². The summed E-state index contributed by atoms with van der Waals surface area (Å²) in [4.78, 5) is 2.42. The van der Waals surface area contributed by atoms with Gasteiger partial charge in [0, 0.05) is 11.1 Å². The molecule has 8 rings (SSSR count). The SMILES string of the molecule is CC1(C)c2ccccc2N(c2ccc3c(c2)-c2ccccc2-c2ccccc2-c2cc(C#N)c(C#N)cc2CC3)c2ccccc21. The maximum atomic E-state index is 9.89. The van der Waals surface area contributed by atoms with Gasteiger partial charge in [-0.2, -0.15) is 10.5 Å². The van der Waals surface area contributed by atoms with Gasteiger partial charge >= 0.3 is 0 Å². The Labute approximate surface area is 270 Å². The molecule has 0 spiro atoms. The van der Waals surface area contributed by atoms with Crippen molar-refractivity contribution >= 4 is 17.1 Å². The number of hydrogen-bond acceptors (Lipinski definition) is 3. The summed E-state index contributed by atoms with van der Waals surface area (Å²) < 4.78 is 0. The Hall–Kier alpha value is -5.90. The molecule has 0 N–H and O–H groups in total. The van der Waals surface area contributed by atoms with Gasteiger partial charge in [0.1, 0.15) is 12.1 Å². The summed E-state index contributed by atoms with van der Waals surface area (Å²) in [5.74, 6) is 0. The van der Waals surface area contributed by atoms with E-state index in [-0.39, 0.29) is 5.41 Å². The van der Waals surface area contributed by atoms with Crippen LogP contribution in [0, 0.1) is 22.7 Å². The fourth-order valence-electron chi connectivity index (χ4n) is 7.58. The van der Waals surface area contributed by atoms with E-state index in [4.69, 9.17) is 0 Å². The summed E-state index contributed by atoms with van der Waals surface area (Å²) in [7, 11) is 0. The third-order valence-corrected chi connectivity index (χ3v) is 9.86. The highest BCUT2D eigenvalue weighted by Gasteiger charge is 2.36. The van der Waals surface area contributed by atoms with Gasteiger partial charge in [-0.05, 0) is 105 Å². The van der Waals surface area contributed by atoms with Gasteiger partial charge in [0.15, 0.2) is 0 Å². The summed E-state index contributed by atoms with van der Waals surface area (Å²) in [5, 5.41) is 19.8. The van der Waals surface area contributed by atoms with E-state index < -0.39 is 0 Å². The predicted molar refractivity (Wildman–Crippen MR) is 186 cm³/mol. The van der Waals surface area contributed by atoms with Crippen molar-refractivity contribution in [1.82, 2.24) is 0 Å². The highest BCUT2D eigenvalue weighted by atomic mass is 15.2. The molecule has 0 aromatic heterocycles. The second-order valence-electron chi connectivity index (χ2n) is 12.7. The van der Waals surface area contributed by atoms with Gasteiger partial charge in [0.25, 0.3) is 0 Å². The average molecular weight is 590 g/mol. The van der Waals surface area contributed by atoms with Gasteiger partial charge in [-0.1, -0.05) is 105 Å². The standard InChI is InChI=1S/C43H31N3/c1-43(2)39-15-7-9-17-41(39)46(42-18-10-8-16-40(42)43)32-22-21-28-19-20-29-23-30(26-44)31(27-45)24-37(29)35-13-5-3-11-33(35)34-12-4-6-14-36(34)38(28)25-32/h3-18,21-25H,19-20H2,1-2H3. The number of benzene rings is 6. The zero-order valence-corrected chi connectivity index (χ0v) is 25.9. The van der Waals surface area contributed by atoms with E-state index in [0.717, 1.165) is 46.3 Å². The van der Waals surface area contributed by atoms with Crippen molar-refractivity contribution in [3.05, 3.63) is 161 Å². The number of para-hydroxylation sites is 2.